The monoisotopic (exact) mass is 308 g/mol. The fraction of sp³-hybridized carbons (Fsp3) is 0.714. The van der Waals surface area contributed by atoms with Gasteiger partial charge in [-0.2, -0.15) is 5.26 Å². The van der Waals surface area contributed by atoms with Crippen molar-refractivity contribution in [3.8, 4) is 6.07 Å². The zero-order chi connectivity index (χ0) is 15.1. The lowest BCUT2D eigenvalue weighted by atomic mass is 10.00. The maximum Gasteiger partial charge on any atom is 0.215 e. The Bertz CT molecular complexity index is 669. The predicted octanol–water partition coefficient (Wildman–Crippen LogP) is 1.01. The van der Waals surface area contributed by atoms with Gasteiger partial charge in [-0.1, -0.05) is 0 Å². The van der Waals surface area contributed by atoms with Gasteiger partial charge in [-0.3, -0.25) is 0 Å². The van der Waals surface area contributed by atoms with E-state index in [9.17, 15) is 8.42 Å². The molecule has 0 amide bonds. The third-order valence-electron chi connectivity index (χ3n) is 4.57. The standard InChI is InChI=1S/C14H20N4O2S/c1-17(21(19,20)11-14(10-15)4-5-14)8-12-2-3-13-16-6-7-18(13)9-12/h6-7,12H,2-5,8-9,11H2,1H3. The van der Waals surface area contributed by atoms with Gasteiger partial charge in [-0.05, 0) is 25.2 Å². The number of rotatable bonds is 5. The van der Waals surface area contributed by atoms with Crippen molar-refractivity contribution in [3.05, 3.63) is 18.2 Å². The van der Waals surface area contributed by atoms with Crippen molar-refractivity contribution in [1.29, 1.82) is 5.26 Å². The predicted molar refractivity (Wildman–Crippen MR) is 77.7 cm³/mol. The first-order valence-electron chi connectivity index (χ1n) is 7.29. The lowest BCUT2D eigenvalue weighted by molar-refractivity contribution is 0.302. The molecule has 0 saturated heterocycles. The highest BCUT2D eigenvalue weighted by molar-refractivity contribution is 7.89. The highest BCUT2D eigenvalue weighted by Gasteiger charge is 2.47. The number of nitriles is 1. The molecule has 114 valence electrons. The Labute approximate surface area is 125 Å². The molecule has 1 fully saturated rings. The molecular weight excluding hydrogens is 288 g/mol. The number of hydrogen-bond donors (Lipinski definition) is 0. The summed E-state index contributed by atoms with van der Waals surface area (Å²) in [5, 5.41) is 9.07. The second kappa shape index (κ2) is 5.11. The Morgan fingerprint density at radius 1 is 1.57 bits per heavy atom. The summed E-state index contributed by atoms with van der Waals surface area (Å²) in [6.07, 6.45) is 7.01. The van der Waals surface area contributed by atoms with Crippen molar-refractivity contribution >= 4 is 10.0 Å². The summed E-state index contributed by atoms with van der Waals surface area (Å²) in [6.45, 7) is 1.33. The summed E-state index contributed by atoms with van der Waals surface area (Å²) in [5.41, 5.74) is -0.614. The van der Waals surface area contributed by atoms with Crippen molar-refractivity contribution in [3.63, 3.8) is 0 Å². The lowest BCUT2D eigenvalue weighted by Crippen LogP contribution is -2.38. The molecule has 0 N–H and O–H groups in total. The Kier molecular flexibility index (Phi) is 3.54. The van der Waals surface area contributed by atoms with Gasteiger partial charge in [-0.15, -0.1) is 0 Å². The SMILES string of the molecule is CN(CC1CCc2nccn2C1)S(=O)(=O)CC1(C#N)CC1. The van der Waals surface area contributed by atoms with Gasteiger partial charge in [0, 0.05) is 39.0 Å². The van der Waals surface area contributed by atoms with E-state index >= 15 is 0 Å². The number of aromatic nitrogens is 2. The van der Waals surface area contributed by atoms with Gasteiger partial charge < -0.3 is 4.57 Å². The van der Waals surface area contributed by atoms with E-state index in [1.165, 1.54) is 4.31 Å². The number of sulfonamides is 1. The molecule has 0 radical (unpaired) electrons. The van der Waals surface area contributed by atoms with E-state index in [1.807, 2.05) is 6.20 Å². The zero-order valence-electron chi connectivity index (χ0n) is 12.2. The second-order valence-corrected chi connectivity index (χ2v) is 8.41. The molecule has 2 heterocycles. The minimum absolute atomic E-state index is 0.0317. The second-order valence-electron chi connectivity index (χ2n) is 6.33. The minimum Gasteiger partial charge on any atom is -0.335 e. The Hall–Kier alpha value is -1.39. The number of imidazole rings is 1. The van der Waals surface area contributed by atoms with Gasteiger partial charge in [0.1, 0.15) is 5.82 Å². The Morgan fingerprint density at radius 2 is 2.33 bits per heavy atom. The summed E-state index contributed by atoms with van der Waals surface area (Å²) >= 11 is 0. The third kappa shape index (κ3) is 2.97. The van der Waals surface area contributed by atoms with Gasteiger partial charge in [0.05, 0.1) is 17.2 Å². The molecule has 0 bridgehead atoms. The van der Waals surface area contributed by atoms with E-state index in [2.05, 4.69) is 15.6 Å². The van der Waals surface area contributed by atoms with E-state index < -0.39 is 15.4 Å². The van der Waals surface area contributed by atoms with E-state index in [4.69, 9.17) is 5.26 Å². The number of aryl methyl sites for hydroxylation is 1. The van der Waals surface area contributed by atoms with Crippen molar-refractivity contribution in [2.45, 2.75) is 32.2 Å². The number of nitrogens with zero attached hydrogens (tertiary/aromatic N) is 4. The molecule has 1 aromatic heterocycles. The average molecular weight is 308 g/mol. The smallest absolute Gasteiger partial charge is 0.215 e. The molecule has 3 rings (SSSR count). The van der Waals surface area contributed by atoms with E-state index in [0.717, 1.165) is 25.2 Å². The molecule has 1 unspecified atom stereocenters. The van der Waals surface area contributed by atoms with Crippen LogP contribution < -0.4 is 0 Å². The first kappa shape index (κ1) is 14.5. The fourth-order valence-corrected chi connectivity index (χ4v) is 4.67. The number of hydrogen-bond acceptors (Lipinski definition) is 4. The van der Waals surface area contributed by atoms with E-state index in [-0.39, 0.29) is 5.75 Å². The Balaban J connectivity index is 1.62. The molecule has 21 heavy (non-hydrogen) atoms. The molecule has 1 atom stereocenters. The number of fused-ring (bicyclic) bond motifs is 1. The molecule has 1 saturated carbocycles. The third-order valence-corrected chi connectivity index (χ3v) is 6.59. The molecule has 0 spiro atoms. The maximum atomic E-state index is 12.4. The maximum absolute atomic E-state index is 12.4. The van der Waals surface area contributed by atoms with Crippen molar-refractivity contribution in [1.82, 2.24) is 13.9 Å². The molecular formula is C14H20N4O2S. The van der Waals surface area contributed by atoms with Crippen LogP contribution in [0, 0.1) is 22.7 Å². The summed E-state index contributed by atoms with van der Waals surface area (Å²) in [7, 11) is -1.71. The van der Waals surface area contributed by atoms with E-state index in [0.29, 0.717) is 25.3 Å². The molecule has 1 aliphatic heterocycles. The highest BCUT2D eigenvalue weighted by Crippen LogP contribution is 2.46. The van der Waals surface area contributed by atoms with Crippen LogP contribution in [0.15, 0.2) is 12.4 Å². The summed E-state index contributed by atoms with van der Waals surface area (Å²) < 4.78 is 28.3. The van der Waals surface area contributed by atoms with Crippen LogP contribution in [-0.4, -0.2) is 41.6 Å². The fourth-order valence-electron chi connectivity index (χ4n) is 2.96. The largest absolute Gasteiger partial charge is 0.335 e. The summed E-state index contributed by atoms with van der Waals surface area (Å²) in [5.74, 6) is 1.36. The first-order chi connectivity index (χ1) is 9.94. The Morgan fingerprint density at radius 3 is 3.00 bits per heavy atom. The van der Waals surface area contributed by atoms with Crippen LogP contribution in [0.3, 0.4) is 0 Å². The molecule has 0 aromatic carbocycles. The van der Waals surface area contributed by atoms with Crippen LogP contribution in [0.2, 0.25) is 0 Å². The van der Waals surface area contributed by atoms with Gasteiger partial charge in [0.15, 0.2) is 0 Å². The van der Waals surface area contributed by atoms with Crippen LogP contribution in [0.4, 0.5) is 0 Å². The van der Waals surface area contributed by atoms with E-state index in [1.54, 1.807) is 13.2 Å². The van der Waals surface area contributed by atoms with Crippen LogP contribution in [0.1, 0.15) is 25.1 Å². The van der Waals surface area contributed by atoms with Crippen LogP contribution in [0.25, 0.3) is 0 Å². The zero-order valence-corrected chi connectivity index (χ0v) is 13.0. The topological polar surface area (TPSA) is 79.0 Å². The van der Waals surface area contributed by atoms with Gasteiger partial charge >= 0.3 is 0 Å². The van der Waals surface area contributed by atoms with Crippen LogP contribution in [0.5, 0.6) is 0 Å². The van der Waals surface area contributed by atoms with Crippen LogP contribution >= 0.6 is 0 Å². The van der Waals surface area contributed by atoms with Gasteiger partial charge in [-0.25, -0.2) is 17.7 Å². The average Bonchev–Trinajstić information content (AvgIpc) is 3.05. The molecule has 1 aliphatic carbocycles. The summed E-state index contributed by atoms with van der Waals surface area (Å²) in [4.78, 5) is 4.28. The minimum atomic E-state index is -3.34. The molecule has 7 heteroatoms. The highest BCUT2D eigenvalue weighted by atomic mass is 32.2. The molecule has 6 nitrogen and oxygen atoms in total. The van der Waals surface area contributed by atoms with Crippen molar-refractivity contribution in [2.75, 3.05) is 19.3 Å². The van der Waals surface area contributed by atoms with Gasteiger partial charge in [0.25, 0.3) is 0 Å². The van der Waals surface area contributed by atoms with Crippen molar-refractivity contribution in [2.24, 2.45) is 11.3 Å². The summed E-state index contributed by atoms with van der Waals surface area (Å²) in [6, 6.07) is 2.16. The molecule has 1 aromatic rings. The lowest BCUT2D eigenvalue weighted by Gasteiger charge is -2.28. The molecule has 2 aliphatic rings. The first-order valence-corrected chi connectivity index (χ1v) is 8.90. The van der Waals surface area contributed by atoms with Crippen LogP contribution in [-0.2, 0) is 23.0 Å². The van der Waals surface area contributed by atoms with Crippen molar-refractivity contribution < 1.29 is 8.42 Å². The quantitative estimate of drug-likeness (QED) is 0.813. The van der Waals surface area contributed by atoms with Gasteiger partial charge in [0.2, 0.25) is 10.0 Å². The normalized spacial score (nSPS) is 23.6.